The van der Waals surface area contributed by atoms with Gasteiger partial charge in [-0.25, -0.2) is 13.2 Å². The van der Waals surface area contributed by atoms with Crippen molar-refractivity contribution >= 4 is 16.0 Å². The third kappa shape index (κ3) is 3.08. The summed E-state index contributed by atoms with van der Waals surface area (Å²) in [5.74, 6) is -1.07. The molecule has 0 saturated heterocycles. The third-order valence-electron chi connectivity index (χ3n) is 2.56. The Balaban J connectivity index is 3.08. The minimum absolute atomic E-state index is 0.0764. The molecule has 0 saturated carbocycles. The van der Waals surface area contributed by atoms with E-state index in [-0.39, 0.29) is 10.5 Å². The quantitative estimate of drug-likeness (QED) is 0.856. The van der Waals surface area contributed by atoms with Gasteiger partial charge in [-0.15, -0.1) is 0 Å². The Morgan fingerprint density at radius 3 is 2.17 bits per heavy atom. The molecule has 0 aliphatic rings. The number of rotatable bonds is 6. The van der Waals surface area contributed by atoms with Gasteiger partial charge in [0.2, 0.25) is 10.0 Å². The summed E-state index contributed by atoms with van der Waals surface area (Å²) in [5.41, 5.74) is 0.0764. The summed E-state index contributed by atoms with van der Waals surface area (Å²) in [6.07, 6.45) is 0.736. The molecular weight excluding hydrogens is 254 g/mol. The minimum Gasteiger partial charge on any atom is -0.478 e. The van der Waals surface area contributed by atoms with Crippen molar-refractivity contribution in [1.29, 1.82) is 0 Å². The third-order valence-corrected chi connectivity index (χ3v) is 4.55. The lowest BCUT2D eigenvalue weighted by Gasteiger charge is -2.19. The number of carboxylic acids is 1. The molecule has 0 aliphatic carbocycles. The molecule has 1 rings (SSSR count). The lowest BCUT2D eigenvalue weighted by atomic mass is 10.2. The highest BCUT2D eigenvalue weighted by Crippen LogP contribution is 2.16. The molecule has 0 heterocycles. The second kappa shape index (κ2) is 5.97. The molecule has 1 aromatic carbocycles. The van der Waals surface area contributed by atoms with E-state index in [1.165, 1.54) is 28.6 Å². The van der Waals surface area contributed by atoms with Crippen molar-refractivity contribution in [3.8, 4) is 0 Å². The standard InChI is InChI=1S/C12H17NO4S/c1-3-9-13(4-2)18(16,17)11-7-5-10(6-8-11)12(14)15/h5-8H,3-4,9H2,1-2H3,(H,14,15). The van der Waals surface area contributed by atoms with E-state index in [4.69, 9.17) is 5.11 Å². The lowest BCUT2D eigenvalue weighted by molar-refractivity contribution is 0.0696. The molecule has 0 fully saturated rings. The maximum Gasteiger partial charge on any atom is 0.335 e. The van der Waals surface area contributed by atoms with Gasteiger partial charge in [0.15, 0.2) is 0 Å². The molecule has 0 aliphatic heterocycles. The van der Waals surface area contributed by atoms with Gasteiger partial charge in [0.25, 0.3) is 0 Å². The van der Waals surface area contributed by atoms with Crippen LogP contribution in [-0.2, 0) is 10.0 Å². The molecule has 6 heteroatoms. The van der Waals surface area contributed by atoms with Crippen LogP contribution in [0.4, 0.5) is 0 Å². The SMILES string of the molecule is CCCN(CC)S(=O)(=O)c1ccc(C(=O)O)cc1. The van der Waals surface area contributed by atoms with Crippen molar-refractivity contribution in [1.82, 2.24) is 4.31 Å². The van der Waals surface area contributed by atoms with E-state index in [1.807, 2.05) is 6.92 Å². The number of hydrogen-bond acceptors (Lipinski definition) is 3. The van der Waals surface area contributed by atoms with Gasteiger partial charge in [0, 0.05) is 13.1 Å². The average molecular weight is 271 g/mol. The lowest BCUT2D eigenvalue weighted by Crippen LogP contribution is -2.31. The molecule has 0 bridgehead atoms. The van der Waals surface area contributed by atoms with Crippen molar-refractivity contribution < 1.29 is 18.3 Å². The molecule has 1 aromatic rings. The monoisotopic (exact) mass is 271 g/mol. The van der Waals surface area contributed by atoms with E-state index in [2.05, 4.69) is 0 Å². The zero-order valence-electron chi connectivity index (χ0n) is 10.5. The molecular formula is C12H17NO4S. The fourth-order valence-electron chi connectivity index (χ4n) is 1.62. The number of nitrogens with zero attached hydrogens (tertiary/aromatic N) is 1. The Labute approximate surface area is 107 Å². The Kier molecular flexibility index (Phi) is 4.86. The van der Waals surface area contributed by atoms with Crippen LogP contribution < -0.4 is 0 Å². The molecule has 0 unspecified atom stereocenters. The maximum atomic E-state index is 12.2. The van der Waals surface area contributed by atoms with Crippen molar-refractivity contribution in [2.45, 2.75) is 25.2 Å². The van der Waals surface area contributed by atoms with Gasteiger partial charge in [-0.05, 0) is 30.7 Å². The molecule has 5 nitrogen and oxygen atoms in total. The van der Waals surface area contributed by atoms with E-state index in [0.717, 1.165) is 6.42 Å². The van der Waals surface area contributed by atoms with Crippen molar-refractivity contribution in [3.63, 3.8) is 0 Å². The summed E-state index contributed by atoms with van der Waals surface area (Å²) in [6.45, 7) is 4.54. The summed E-state index contributed by atoms with van der Waals surface area (Å²) in [4.78, 5) is 10.8. The van der Waals surface area contributed by atoms with Gasteiger partial charge in [-0.3, -0.25) is 0 Å². The maximum absolute atomic E-state index is 12.2. The highest BCUT2D eigenvalue weighted by molar-refractivity contribution is 7.89. The van der Waals surface area contributed by atoms with Gasteiger partial charge in [-0.1, -0.05) is 13.8 Å². The van der Waals surface area contributed by atoms with Crippen LogP contribution in [0.25, 0.3) is 0 Å². The summed E-state index contributed by atoms with van der Waals surface area (Å²) in [5, 5.41) is 8.76. The zero-order chi connectivity index (χ0) is 13.8. The van der Waals surface area contributed by atoms with Gasteiger partial charge in [0.05, 0.1) is 10.5 Å². The van der Waals surface area contributed by atoms with Crippen molar-refractivity contribution in [3.05, 3.63) is 29.8 Å². The number of sulfonamides is 1. The van der Waals surface area contributed by atoms with Gasteiger partial charge in [0.1, 0.15) is 0 Å². The molecule has 0 aromatic heterocycles. The van der Waals surface area contributed by atoms with Crippen LogP contribution in [0.1, 0.15) is 30.6 Å². The largest absolute Gasteiger partial charge is 0.478 e. The topological polar surface area (TPSA) is 74.7 Å². The first-order valence-electron chi connectivity index (χ1n) is 5.77. The van der Waals surface area contributed by atoms with Crippen LogP contribution in [0.15, 0.2) is 29.2 Å². The summed E-state index contributed by atoms with van der Waals surface area (Å²) < 4.78 is 25.8. The van der Waals surface area contributed by atoms with Gasteiger partial charge < -0.3 is 5.11 Å². The normalized spacial score (nSPS) is 11.7. The van der Waals surface area contributed by atoms with Gasteiger partial charge >= 0.3 is 5.97 Å². The molecule has 0 spiro atoms. The first-order chi connectivity index (χ1) is 8.43. The highest BCUT2D eigenvalue weighted by atomic mass is 32.2. The van der Waals surface area contributed by atoms with E-state index in [9.17, 15) is 13.2 Å². The van der Waals surface area contributed by atoms with E-state index in [1.54, 1.807) is 6.92 Å². The second-order valence-electron chi connectivity index (χ2n) is 3.83. The highest BCUT2D eigenvalue weighted by Gasteiger charge is 2.22. The number of carbonyl (C=O) groups is 1. The van der Waals surface area contributed by atoms with Crippen LogP contribution >= 0.6 is 0 Å². The summed E-state index contributed by atoms with van der Waals surface area (Å²) in [7, 11) is -3.52. The molecule has 0 amide bonds. The summed E-state index contributed by atoms with van der Waals surface area (Å²) >= 11 is 0. The second-order valence-corrected chi connectivity index (χ2v) is 5.76. The zero-order valence-corrected chi connectivity index (χ0v) is 11.3. The van der Waals surface area contributed by atoms with Crippen LogP contribution in [0.2, 0.25) is 0 Å². The summed E-state index contributed by atoms with van der Waals surface area (Å²) in [6, 6.07) is 5.26. The minimum atomic E-state index is -3.52. The van der Waals surface area contributed by atoms with E-state index in [0.29, 0.717) is 13.1 Å². The number of carboxylic acid groups (broad SMARTS) is 1. The Bertz CT molecular complexity index is 507. The molecule has 18 heavy (non-hydrogen) atoms. The van der Waals surface area contributed by atoms with Crippen molar-refractivity contribution in [2.24, 2.45) is 0 Å². The number of hydrogen-bond donors (Lipinski definition) is 1. The average Bonchev–Trinajstić information content (AvgIpc) is 2.35. The Morgan fingerprint density at radius 2 is 1.78 bits per heavy atom. The van der Waals surface area contributed by atoms with E-state index < -0.39 is 16.0 Å². The first kappa shape index (κ1) is 14.7. The first-order valence-corrected chi connectivity index (χ1v) is 7.21. The Morgan fingerprint density at radius 1 is 1.22 bits per heavy atom. The van der Waals surface area contributed by atoms with Crippen LogP contribution in [0.3, 0.4) is 0 Å². The van der Waals surface area contributed by atoms with Crippen LogP contribution in [-0.4, -0.2) is 36.9 Å². The predicted octanol–water partition coefficient (Wildman–Crippen LogP) is 1.81. The fraction of sp³-hybridized carbons (Fsp3) is 0.417. The smallest absolute Gasteiger partial charge is 0.335 e. The fourth-order valence-corrected chi connectivity index (χ4v) is 3.16. The van der Waals surface area contributed by atoms with Crippen LogP contribution in [0.5, 0.6) is 0 Å². The molecule has 100 valence electrons. The molecule has 1 N–H and O–H groups in total. The Hall–Kier alpha value is -1.40. The number of benzene rings is 1. The van der Waals surface area contributed by atoms with Crippen LogP contribution in [0, 0.1) is 0 Å². The molecule has 0 radical (unpaired) electrons. The van der Waals surface area contributed by atoms with Gasteiger partial charge in [-0.2, -0.15) is 4.31 Å². The van der Waals surface area contributed by atoms with Crippen molar-refractivity contribution in [2.75, 3.05) is 13.1 Å². The molecule has 0 atom stereocenters. The van der Waals surface area contributed by atoms with E-state index >= 15 is 0 Å². The number of aromatic carboxylic acids is 1. The predicted molar refractivity (Wildman–Crippen MR) is 68.1 cm³/mol.